The van der Waals surface area contributed by atoms with Crippen molar-refractivity contribution >= 4 is 28.4 Å². The third-order valence-corrected chi connectivity index (χ3v) is 8.40. The number of nitrogens with zero attached hydrogens (tertiary/aromatic N) is 1. The molecule has 0 saturated carbocycles. The number of hydrogen-bond acceptors (Lipinski definition) is 2. The molecule has 0 aromatic rings. The highest BCUT2D eigenvalue weighted by molar-refractivity contribution is 6.84. The fourth-order valence-electron chi connectivity index (χ4n) is 1.87. The van der Waals surface area contributed by atoms with E-state index in [2.05, 4.69) is 37.7 Å². The fraction of sp³-hybridized carbons (Fsp3) is 0.818. The van der Waals surface area contributed by atoms with E-state index in [0.717, 1.165) is 18.9 Å². The highest BCUT2D eigenvalue weighted by Crippen LogP contribution is 2.20. The minimum absolute atomic E-state index is 0.690. The Hall–Kier alpha value is -0.466. The van der Waals surface area contributed by atoms with Gasteiger partial charge >= 0.3 is 6.09 Å². The molecule has 0 bridgehead atoms. The minimum atomic E-state index is -1.59. The zero-order chi connectivity index (χ0) is 13.7. The number of rotatable bonds is 6. The summed E-state index contributed by atoms with van der Waals surface area (Å²) < 4.78 is 6.21. The first-order valence-corrected chi connectivity index (χ1v) is 12.5. The van der Waals surface area contributed by atoms with E-state index in [0.29, 0.717) is 5.71 Å². The number of carbonyl (C=O) groups is 1. The van der Waals surface area contributed by atoms with E-state index in [1.807, 2.05) is 0 Å². The second-order valence-electron chi connectivity index (χ2n) is 5.96. The summed E-state index contributed by atoms with van der Waals surface area (Å²) in [7, 11) is -3.04. The molecule has 0 spiro atoms. The van der Waals surface area contributed by atoms with E-state index in [1.54, 1.807) is 6.92 Å². The molecule has 0 aliphatic carbocycles. The molecular weight excluding hydrogens is 250 g/mol. The van der Waals surface area contributed by atoms with Gasteiger partial charge in [0.15, 0.2) is 16.6 Å². The van der Waals surface area contributed by atoms with Crippen molar-refractivity contribution < 1.29 is 14.0 Å². The summed E-state index contributed by atoms with van der Waals surface area (Å²) in [6.45, 7) is 12.8. The van der Waals surface area contributed by atoms with Gasteiger partial charge in [0.1, 0.15) is 0 Å². The molecule has 4 nitrogen and oxygen atoms in total. The molecule has 0 saturated heterocycles. The van der Waals surface area contributed by atoms with E-state index in [9.17, 15) is 4.79 Å². The summed E-state index contributed by atoms with van der Waals surface area (Å²) in [5.41, 5.74) is 0.690. The molecule has 1 N–H and O–H groups in total. The zero-order valence-corrected chi connectivity index (χ0v) is 13.8. The van der Waals surface area contributed by atoms with Gasteiger partial charge in [-0.25, -0.2) is 4.79 Å². The molecule has 0 atom stereocenters. The number of aliphatic imine (C=N–C) groups is 1. The smallest absolute Gasteiger partial charge is 0.431 e. The van der Waals surface area contributed by atoms with E-state index in [1.165, 1.54) is 0 Å². The maximum Gasteiger partial charge on any atom is 0.431 e. The van der Waals surface area contributed by atoms with Crippen molar-refractivity contribution in [2.24, 2.45) is 4.99 Å². The molecule has 0 radical (unpaired) electrons. The lowest BCUT2D eigenvalue weighted by atomic mass is 10.2. The monoisotopic (exact) mass is 275 g/mol. The molecule has 0 aromatic carbocycles. The van der Waals surface area contributed by atoms with Crippen molar-refractivity contribution in [1.29, 1.82) is 0 Å². The van der Waals surface area contributed by atoms with Gasteiger partial charge < -0.3 is 9.22 Å². The Kier molecular flexibility index (Phi) is 6.28. The summed E-state index contributed by atoms with van der Waals surface area (Å²) in [5.74, 6) is 0. The van der Waals surface area contributed by atoms with Crippen molar-refractivity contribution in [1.82, 2.24) is 0 Å². The van der Waals surface area contributed by atoms with Crippen LogP contribution in [0.5, 0.6) is 0 Å². The molecule has 17 heavy (non-hydrogen) atoms. The molecule has 0 heterocycles. The van der Waals surface area contributed by atoms with Crippen molar-refractivity contribution in [3.63, 3.8) is 0 Å². The van der Waals surface area contributed by atoms with Crippen LogP contribution >= 0.6 is 0 Å². The normalized spacial score (nSPS) is 13.9. The standard InChI is InChI=1S/C11H25NO3Si2/c1-10(12-11(13)14)8-7-9-17(5,6)15-16(2,3)4/h7-9H2,1-6H3,(H,13,14). The quantitative estimate of drug-likeness (QED) is 0.589. The summed E-state index contributed by atoms with van der Waals surface area (Å²) >= 11 is 0. The number of amides is 1. The maximum absolute atomic E-state index is 10.4. The third-order valence-electron chi connectivity index (χ3n) is 2.19. The Balaban J connectivity index is 4.08. The van der Waals surface area contributed by atoms with Gasteiger partial charge in [0.25, 0.3) is 0 Å². The van der Waals surface area contributed by atoms with Crippen LogP contribution in [0, 0.1) is 0 Å². The second-order valence-corrected chi connectivity index (χ2v) is 15.0. The van der Waals surface area contributed by atoms with E-state index in [-0.39, 0.29) is 0 Å². The van der Waals surface area contributed by atoms with Crippen LogP contribution in [0.3, 0.4) is 0 Å². The lowest BCUT2D eigenvalue weighted by Gasteiger charge is -2.31. The summed E-state index contributed by atoms with van der Waals surface area (Å²) in [6.07, 6.45) is 0.613. The first kappa shape index (κ1) is 16.5. The van der Waals surface area contributed by atoms with Crippen LogP contribution in [0.2, 0.25) is 38.8 Å². The predicted octanol–water partition coefficient (Wildman–Crippen LogP) is 3.96. The van der Waals surface area contributed by atoms with Crippen molar-refractivity contribution in [2.45, 2.75) is 58.5 Å². The fourth-order valence-corrected chi connectivity index (χ4v) is 9.94. The Morgan fingerprint density at radius 1 is 1.24 bits per heavy atom. The average molecular weight is 275 g/mol. The zero-order valence-electron chi connectivity index (χ0n) is 11.8. The second kappa shape index (κ2) is 6.46. The van der Waals surface area contributed by atoms with E-state index in [4.69, 9.17) is 9.22 Å². The van der Waals surface area contributed by atoms with Crippen LogP contribution in [-0.4, -0.2) is 33.5 Å². The average Bonchev–Trinajstić information content (AvgIpc) is 1.95. The first-order valence-electron chi connectivity index (χ1n) is 5.99. The van der Waals surface area contributed by atoms with Crippen LogP contribution in [0.4, 0.5) is 4.79 Å². The molecule has 100 valence electrons. The highest BCUT2D eigenvalue weighted by atomic mass is 28.4. The first-order chi connectivity index (χ1) is 7.52. The minimum Gasteiger partial charge on any atom is -0.463 e. The Morgan fingerprint density at radius 3 is 2.18 bits per heavy atom. The molecular formula is C11H25NO3Si2. The lowest BCUT2D eigenvalue weighted by molar-refractivity contribution is 0.205. The molecule has 0 aliphatic rings. The molecule has 0 unspecified atom stereocenters. The highest BCUT2D eigenvalue weighted by Gasteiger charge is 2.28. The lowest BCUT2D eigenvalue weighted by Crippen LogP contribution is -2.42. The molecule has 0 rings (SSSR count). The van der Waals surface area contributed by atoms with Gasteiger partial charge in [0.2, 0.25) is 0 Å². The Labute approximate surface area is 106 Å². The van der Waals surface area contributed by atoms with Crippen LogP contribution in [0.25, 0.3) is 0 Å². The van der Waals surface area contributed by atoms with Gasteiger partial charge in [-0.1, -0.05) is 0 Å². The molecule has 1 amide bonds. The van der Waals surface area contributed by atoms with Gasteiger partial charge in [0.05, 0.1) is 0 Å². The van der Waals surface area contributed by atoms with E-state index >= 15 is 0 Å². The largest absolute Gasteiger partial charge is 0.463 e. The SMILES string of the molecule is CC(CCC[Si](C)(C)O[Si](C)(C)C)=NC(=O)O. The van der Waals surface area contributed by atoms with Gasteiger partial charge in [-0.05, 0) is 58.5 Å². The summed E-state index contributed by atoms with van der Waals surface area (Å²) in [5, 5.41) is 8.50. The third kappa shape index (κ3) is 10.4. The predicted molar refractivity (Wildman–Crippen MR) is 77.1 cm³/mol. The van der Waals surface area contributed by atoms with Crippen LogP contribution in [0.1, 0.15) is 19.8 Å². The Bertz CT molecular complexity index is 296. The number of hydrogen-bond donors (Lipinski definition) is 1. The van der Waals surface area contributed by atoms with Crippen molar-refractivity contribution in [3.05, 3.63) is 0 Å². The summed E-state index contributed by atoms with van der Waals surface area (Å²) in [6, 6.07) is 1.06. The molecule has 6 heteroatoms. The summed E-state index contributed by atoms with van der Waals surface area (Å²) in [4.78, 5) is 13.8. The molecule has 0 fully saturated rings. The van der Waals surface area contributed by atoms with Crippen LogP contribution < -0.4 is 0 Å². The van der Waals surface area contributed by atoms with Gasteiger partial charge in [0, 0.05) is 5.71 Å². The van der Waals surface area contributed by atoms with Gasteiger partial charge in [-0.2, -0.15) is 4.99 Å². The molecule has 0 aliphatic heterocycles. The van der Waals surface area contributed by atoms with Crippen LogP contribution in [-0.2, 0) is 4.12 Å². The van der Waals surface area contributed by atoms with Crippen LogP contribution in [0.15, 0.2) is 4.99 Å². The van der Waals surface area contributed by atoms with Crippen molar-refractivity contribution in [3.8, 4) is 0 Å². The topological polar surface area (TPSA) is 58.9 Å². The van der Waals surface area contributed by atoms with Crippen molar-refractivity contribution in [2.75, 3.05) is 0 Å². The van der Waals surface area contributed by atoms with E-state index < -0.39 is 22.7 Å². The molecule has 0 aromatic heterocycles. The number of carboxylic acid groups (broad SMARTS) is 1. The maximum atomic E-state index is 10.4. The van der Waals surface area contributed by atoms with Gasteiger partial charge in [-0.3, -0.25) is 0 Å². The Morgan fingerprint density at radius 2 is 1.76 bits per heavy atom. The van der Waals surface area contributed by atoms with Gasteiger partial charge in [-0.15, -0.1) is 0 Å².